The third kappa shape index (κ3) is 9.69. The molecule has 0 atom stereocenters. The third-order valence-electron chi connectivity index (χ3n) is 4.90. The Morgan fingerprint density at radius 2 is 1.61 bits per heavy atom. The number of hydrogen-bond acceptors (Lipinski definition) is 5. The minimum atomic E-state index is -0.197. The second kappa shape index (κ2) is 14.6. The summed E-state index contributed by atoms with van der Waals surface area (Å²) in [5, 5.41) is 3.03. The molecule has 2 aromatic rings. The molecular weight excluding hydrogens is 408 g/mol. The highest BCUT2D eigenvalue weighted by Gasteiger charge is 2.15. The predicted molar refractivity (Wildman–Crippen MR) is 141 cm³/mol. The van der Waals surface area contributed by atoms with Gasteiger partial charge in [0.2, 0.25) is 5.78 Å². The van der Waals surface area contributed by atoms with Crippen molar-refractivity contribution >= 4 is 11.6 Å². The van der Waals surface area contributed by atoms with Crippen molar-refractivity contribution in [3.63, 3.8) is 0 Å². The summed E-state index contributed by atoms with van der Waals surface area (Å²) in [5.41, 5.74) is 10.8. The highest BCUT2D eigenvalue weighted by Crippen LogP contribution is 2.19. The van der Waals surface area contributed by atoms with Crippen molar-refractivity contribution in [3.8, 4) is 11.3 Å². The average molecular weight is 447 g/mol. The van der Waals surface area contributed by atoms with Gasteiger partial charge in [-0.15, -0.1) is 0 Å². The molecule has 33 heavy (non-hydrogen) atoms. The van der Waals surface area contributed by atoms with Crippen molar-refractivity contribution in [2.75, 3.05) is 5.32 Å². The van der Waals surface area contributed by atoms with Crippen LogP contribution in [0.15, 0.2) is 89.6 Å². The van der Waals surface area contributed by atoms with E-state index < -0.39 is 0 Å². The molecule has 3 N–H and O–H groups in total. The number of rotatable bonds is 9. The summed E-state index contributed by atoms with van der Waals surface area (Å²) < 4.78 is 0. The van der Waals surface area contributed by atoms with E-state index in [0.717, 1.165) is 16.7 Å². The van der Waals surface area contributed by atoms with Crippen LogP contribution in [0.4, 0.5) is 5.82 Å². The summed E-state index contributed by atoms with van der Waals surface area (Å²) in [7, 11) is 0. The van der Waals surface area contributed by atoms with Crippen LogP contribution in [0.1, 0.15) is 60.8 Å². The van der Waals surface area contributed by atoms with Gasteiger partial charge in [0.05, 0.1) is 18.1 Å². The van der Waals surface area contributed by atoms with Crippen LogP contribution >= 0.6 is 0 Å². The molecule has 0 aliphatic heterocycles. The van der Waals surface area contributed by atoms with E-state index in [4.69, 9.17) is 5.73 Å². The Kier molecular flexibility index (Phi) is 12.2. The summed E-state index contributed by atoms with van der Waals surface area (Å²) in [4.78, 5) is 21.6. The van der Waals surface area contributed by atoms with Crippen molar-refractivity contribution in [2.24, 2.45) is 5.73 Å². The van der Waals surface area contributed by atoms with Crippen LogP contribution in [0.5, 0.6) is 0 Å². The Balaban J connectivity index is 0.000000981. The van der Waals surface area contributed by atoms with Gasteiger partial charge in [-0.3, -0.25) is 9.78 Å². The van der Waals surface area contributed by atoms with Crippen molar-refractivity contribution in [1.82, 2.24) is 9.97 Å². The van der Waals surface area contributed by atoms with Crippen LogP contribution in [0.2, 0.25) is 0 Å². The lowest BCUT2D eigenvalue weighted by molar-refractivity contribution is -0.112. The SMILES string of the molecule is C=C(C)/C(C)=C\C=C(/C)C(=O)/C(Nc1cncc(-c2ccccc2)n1)=C(/C)N.CCCCC. The summed E-state index contributed by atoms with van der Waals surface area (Å²) in [6.07, 6.45) is 11.0. The molecule has 176 valence electrons. The zero-order valence-corrected chi connectivity index (χ0v) is 20.9. The van der Waals surface area contributed by atoms with E-state index in [1.807, 2.05) is 50.3 Å². The van der Waals surface area contributed by atoms with Crippen LogP contribution in [-0.4, -0.2) is 15.8 Å². The Labute approximate surface area is 199 Å². The van der Waals surface area contributed by atoms with Crippen LogP contribution in [0.3, 0.4) is 0 Å². The van der Waals surface area contributed by atoms with Crippen LogP contribution in [0.25, 0.3) is 11.3 Å². The number of nitrogens with two attached hydrogens (primary N) is 1. The molecule has 0 fully saturated rings. The molecule has 1 aromatic carbocycles. The molecule has 5 nitrogen and oxygen atoms in total. The van der Waals surface area contributed by atoms with E-state index >= 15 is 0 Å². The Hall–Kier alpha value is -3.47. The van der Waals surface area contributed by atoms with E-state index in [0.29, 0.717) is 22.8 Å². The molecule has 1 aromatic heterocycles. The largest absolute Gasteiger partial charge is 0.400 e. The molecular formula is C28H38N4O. The van der Waals surface area contributed by atoms with Crippen LogP contribution < -0.4 is 11.1 Å². The van der Waals surface area contributed by atoms with Crippen molar-refractivity contribution in [3.05, 3.63) is 89.6 Å². The number of Topliss-reactive ketones (excluding diaryl/α,β-unsaturated/α-hetero) is 1. The van der Waals surface area contributed by atoms with Crippen molar-refractivity contribution in [1.29, 1.82) is 0 Å². The molecule has 5 heteroatoms. The van der Waals surface area contributed by atoms with E-state index in [9.17, 15) is 4.79 Å². The third-order valence-corrected chi connectivity index (χ3v) is 4.90. The second-order valence-electron chi connectivity index (χ2n) is 8.00. The van der Waals surface area contributed by atoms with Gasteiger partial charge in [0, 0.05) is 11.3 Å². The van der Waals surface area contributed by atoms with Crippen LogP contribution in [-0.2, 0) is 4.79 Å². The van der Waals surface area contributed by atoms with E-state index in [2.05, 4.69) is 35.7 Å². The average Bonchev–Trinajstić information content (AvgIpc) is 2.81. The molecule has 1 heterocycles. The first-order valence-electron chi connectivity index (χ1n) is 11.4. The fourth-order valence-electron chi connectivity index (χ4n) is 2.66. The highest BCUT2D eigenvalue weighted by molar-refractivity contribution is 6.10. The minimum absolute atomic E-state index is 0.197. The monoisotopic (exact) mass is 446 g/mol. The van der Waals surface area contributed by atoms with Gasteiger partial charge in [0.1, 0.15) is 11.5 Å². The summed E-state index contributed by atoms with van der Waals surface area (Å²) in [5.74, 6) is 0.258. The maximum atomic E-state index is 12.9. The number of benzene rings is 1. The number of unbranched alkanes of at least 4 members (excludes halogenated alkanes) is 2. The lowest BCUT2D eigenvalue weighted by atomic mass is 10.1. The molecule has 0 saturated carbocycles. The summed E-state index contributed by atoms with van der Waals surface area (Å²) in [6.45, 7) is 15.6. The Morgan fingerprint density at radius 3 is 2.12 bits per heavy atom. The molecule has 0 bridgehead atoms. The zero-order valence-electron chi connectivity index (χ0n) is 20.9. The Morgan fingerprint density at radius 1 is 1.00 bits per heavy atom. The lowest BCUT2D eigenvalue weighted by Gasteiger charge is -2.12. The van der Waals surface area contributed by atoms with Gasteiger partial charge < -0.3 is 11.1 Å². The Bertz CT molecular complexity index is 1010. The predicted octanol–water partition coefficient (Wildman–Crippen LogP) is 6.98. The molecule has 0 radical (unpaired) electrons. The van der Waals surface area contributed by atoms with Gasteiger partial charge in [-0.25, -0.2) is 4.98 Å². The molecule has 0 spiro atoms. The van der Waals surface area contributed by atoms with E-state index in [1.165, 1.54) is 19.3 Å². The minimum Gasteiger partial charge on any atom is -0.400 e. The molecule has 0 unspecified atom stereocenters. The number of carbonyl (C=O) groups is 1. The van der Waals surface area contributed by atoms with E-state index in [1.54, 1.807) is 32.3 Å². The number of ketones is 1. The lowest BCUT2D eigenvalue weighted by Crippen LogP contribution is -2.18. The molecule has 0 aliphatic rings. The van der Waals surface area contributed by atoms with Gasteiger partial charge >= 0.3 is 0 Å². The second-order valence-corrected chi connectivity index (χ2v) is 8.00. The van der Waals surface area contributed by atoms with Gasteiger partial charge in [-0.1, -0.05) is 87.7 Å². The standard InChI is InChI=1S/C23H26N4O.C5H12/c1-15(2)16(3)11-12-17(4)23(28)22(18(5)24)27-21-14-25-13-20(26-21)19-9-7-6-8-10-19;1-3-5-4-2/h6-14H,1,24H2,2-5H3,(H,26,27);3-5H2,1-2H3/b16-11-,17-12+,22-18+;. The number of allylic oxidation sites excluding steroid dienone is 6. The fourth-order valence-corrected chi connectivity index (χ4v) is 2.66. The maximum Gasteiger partial charge on any atom is 0.206 e. The van der Waals surface area contributed by atoms with Crippen LogP contribution in [0, 0.1) is 0 Å². The molecule has 0 aliphatic carbocycles. The summed E-state index contributed by atoms with van der Waals surface area (Å²) in [6, 6.07) is 9.71. The van der Waals surface area contributed by atoms with Crippen molar-refractivity contribution < 1.29 is 4.79 Å². The van der Waals surface area contributed by atoms with Gasteiger partial charge in [-0.05, 0) is 38.8 Å². The molecule has 2 rings (SSSR count). The number of aromatic nitrogens is 2. The number of nitrogens with one attached hydrogen (secondary N) is 1. The first kappa shape index (κ1) is 27.6. The first-order valence-corrected chi connectivity index (χ1v) is 11.4. The highest BCUT2D eigenvalue weighted by atomic mass is 16.1. The van der Waals surface area contributed by atoms with Gasteiger partial charge in [-0.2, -0.15) is 0 Å². The van der Waals surface area contributed by atoms with Gasteiger partial charge in [0.25, 0.3) is 0 Å². The van der Waals surface area contributed by atoms with Gasteiger partial charge in [0.15, 0.2) is 0 Å². The number of nitrogens with zero attached hydrogens (tertiary/aromatic N) is 2. The zero-order chi connectivity index (χ0) is 24.8. The number of anilines is 1. The van der Waals surface area contributed by atoms with Crippen molar-refractivity contribution in [2.45, 2.75) is 60.8 Å². The number of carbonyl (C=O) groups excluding carboxylic acids is 1. The summed E-state index contributed by atoms with van der Waals surface area (Å²) >= 11 is 0. The fraction of sp³-hybridized carbons (Fsp3) is 0.321. The quantitative estimate of drug-likeness (QED) is 0.321. The van der Waals surface area contributed by atoms with E-state index in [-0.39, 0.29) is 11.5 Å². The normalized spacial score (nSPS) is 12.3. The molecule has 0 saturated heterocycles. The first-order chi connectivity index (χ1) is 15.7. The molecule has 0 amide bonds. The number of hydrogen-bond donors (Lipinski definition) is 2. The topological polar surface area (TPSA) is 80.9 Å². The maximum absolute atomic E-state index is 12.9. The smallest absolute Gasteiger partial charge is 0.206 e.